The molecule has 2 nitrogen and oxygen atoms in total. The number of halogens is 1. The van der Waals surface area contributed by atoms with Crippen molar-refractivity contribution in [3.8, 4) is 0 Å². The smallest absolute Gasteiger partial charge is 0.0410 e. The predicted octanol–water partition coefficient (Wildman–Crippen LogP) is 4.39. The van der Waals surface area contributed by atoms with E-state index in [1.54, 1.807) is 0 Å². The molecule has 1 heterocycles. The zero-order valence-corrected chi connectivity index (χ0v) is 13.5. The summed E-state index contributed by atoms with van der Waals surface area (Å²) in [4.78, 5) is 2.58. The molecule has 0 bridgehead atoms. The van der Waals surface area contributed by atoms with Crippen LogP contribution in [0.5, 0.6) is 0 Å². The van der Waals surface area contributed by atoms with E-state index < -0.39 is 0 Å². The maximum absolute atomic E-state index is 6.19. The van der Waals surface area contributed by atoms with Gasteiger partial charge < -0.3 is 10.6 Å². The molecule has 2 rings (SSSR count). The van der Waals surface area contributed by atoms with Gasteiger partial charge in [-0.15, -0.1) is 0 Å². The first-order valence-corrected chi connectivity index (χ1v) is 8.34. The van der Waals surface area contributed by atoms with Gasteiger partial charge in [0.25, 0.3) is 0 Å². The van der Waals surface area contributed by atoms with Gasteiger partial charge in [-0.3, -0.25) is 0 Å². The van der Waals surface area contributed by atoms with Crippen LogP contribution in [-0.2, 0) is 6.42 Å². The number of rotatable bonds is 5. The average Bonchev–Trinajstić information content (AvgIpc) is 2.47. The number of benzene rings is 1. The van der Waals surface area contributed by atoms with Gasteiger partial charge in [0.1, 0.15) is 0 Å². The van der Waals surface area contributed by atoms with Crippen LogP contribution in [0.2, 0.25) is 5.02 Å². The highest BCUT2D eigenvalue weighted by Crippen LogP contribution is 2.31. The van der Waals surface area contributed by atoms with E-state index in [-0.39, 0.29) is 6.04 Å². The molecule has 3 heteroatoms. The maximum atomic E-state index is 6.19. The first-order valence-electron chi connectivity index (χ1n) is 7.96. The van der Waals surface area contributed by atoms with Crippen molar-refractivity contribution in [3.63, 3.8) is 0 Å². The number of anilines is 1. The highest BCUT2D eigenvalue weighted by atomic mass is 35.5. The molecule has 1 aromatic rings. The van der Waals surface area contributed by atoms with Gasteiger partial charge >= 0.3 is 0 Å². The molecule has 0 aromatic heterocycles. The van der Waals surface area contributed by atoms with Gasteiger partial charge in [-0.2, -0.15) is 0 Å². The standard InChI is InChI=1S/C17H27ClN2/c1-3-15(19)12-13-11-14(18)8-9-17(13)20-10-6-5-7-16(20)4-2/h8-9,11,15-16H,3-7,10,12,19H2,1-2H3. The summed E-state index contributed by atoms with van der Waals surface area (Å²) in [5.41, 5.74) is 8.82. The summed E-state index contributed by atoms with van der Waals surface area (Å²) in [7, 11) is 0. The second-order valence-corrected chi connectivity index (χ2v) is 6.33. The Bertz CT molecular complexity index is 433. The highest BCUT2D eigenvalue weighted by Gasteiger charge is 2.23. The van der Waals surface area contributed by atoms with E-state index in [9.17, 15) is 0 Å². The normalized spacial score (nSPS) is 21.0. The summed E-state index contributed by atoms with van der Waals surface area (Å²) < 4.78 is 0. The molecule has 0 spiro atoms. The molecule has 0 radical (unpaired) electrons. The number of hydrogen-bond donors (Lipinski definition) is 1. The number of hydrogen-bond acceptors (Lipinski definition) is 2. The minimum Gasteiger partial charge on any atom is -0.368 e. The summed E-state index contributed by atoms with van der Waals surface area (Å²) in [6, 6.07) is 7.19. The third kappa shape index (κ3) is 3.67. The Hall–Kier alpha value is -0.730. The van der Waals surface area contributed by atoms with Crippen LogP contribution in [0.1, 0.15) is 51.5 Å². The van der Waals surface area contributed by atoms with Crippen molar-refractivity contribution >= 4 is 17.3 Å². The Morgan fingerprint density at radius 2 is 2.15 bits per heavy atom. The van der Waals surface area contributed by atoms with Crippen LogP contribution in [-0.4, -0.2) is 18.6 Å². The van der Waals surface area contributed by atoms with E-state index in [2.05, 4.69) is 30.9 Å². The van der Waals surface area contributed by atoms with Crippen LogP contribution in [0, 0.1) is 0 Å². The van der Waals surface area contributed by atoms with Crippen molar-refractivity contribution in [1.82, 2.24) is 0 Å². The van der Waals surface area contributed by atoms with Crippen molar-refractivity contribution in [2.45, 2.75) is 64.5 Å². The maximum Gasteiger partial charge on any atom is 0.0410 e. The van der Waals surface area contributed by atoms with E-state index in [0.29, 0.717) is 6.04 Å². The molecule has 0 amide bonds. The van der Waals surface area contributed by atoms with Gasteiger partial charge in [0, 0.05) is 29.3 Å². The van der Waals surface area contributed by atoms with Gasteiger partial charge in [-0.05, 0) is 62.3 Å². The van der Waals surface area contributed by atoms with E-state index in [1.807, 2.05) is 6.07 Å². The van der Waals surface area contributed by atoms with Crippen LogP contribution in [0.4, 0.5) is 5.69 Å². The largest absolute Gasteiger partial charge is 0.368 e. The topological polar surface area (TPSA) is 29.3 Å². The summed E-state index contributed by atoms with van der Waals surface area (Å²) in [6.45, 7) is 5.59. The second kappa shape index (κ2) is 7.33. The lowest BCUT2D eigenvalue weighted by atomic mass is 9.96. The van der Waals surface area contributed by atoms with E-state index in [4.69, 9.17) is 17.3 Å². The number of nitrogens with two attached hydrogens (primary N) is 1. The third-order valence-corrected chi connectivity index (χ3v) is 4.69. The summed E-state index contributed by atoms with van der Waals surface area (Å²) >= 11 is 6.19. The zero-order chi connectivity index (χ0) is 14.5. The second-order valence-electron chi connectivity index (χ2n) is 5.90. The summed E-state index contributed by atoms with van der Waals surface area (Å²) in [5.74, 6) is 0. The minimum atomic E-state index is 0.220. The molecule has 1 aliphatic heterocycles. The van der Waals surface area contributed by atoms with Gasteiger partial charge in [0.05, 0.1) is 0 Å². The monoisotopic (exact) mass is 294 g/mol. The lowest BCUT2D eigenvalue weighted by Crippen LogP contribution is -2.40. The Kier molecular flexibility index (Phi) is 5.74. The van der Waals surface area contributed by atoms with E-state index in [0.717, 1.165) is 24.4 Å². The molecule has 20 heavy (non-hydrogen) atoms. The molecule has 1 fully saturated rings. The lowest BCUT2D eigenvalue weighted by molar-refractivity contribution is 0.448. The molecule has 2 N–H and O–H groups in total. The summed E-state index contributed by atoms with van der Waals surface area (Å²) in [5, 5.41) is 0.817. The fraction of sp³-hybridized carbons (Fsp3) is 0.647. The Morgan fingerprint density at radius 3 is 2.85 bits per heavy atom. The molecule has 1 aliphatic rings. The first kappa shape index (κ1) is 15.7. The van der Waals surface area contributed by atoms with Crippen LogP contribution in [0.3, 0.4) is 0 Å². The fourth-order valence-corrected chi connectivity index (χ4v) is 3.36. The molecule has 2 unspecified atom stereocenters. The first-order chi connectivity index (χ1) is 9.65. The average molecular weight is 295 g/mol. The number of nitrogens with zero attached hydrogens (tertiary/aromatic N) is 1. The Balaban J connectivity index is 2.29. The Morgan fingerprint density at radius 1 is 1.35 bits per heavy atom. The van der Waals surface area contributed by atoms with Crippen molar-refractivity contribution in [2.24, 2.45) is 5.73 Å². The van der Waals surface area contributed by atoms with Gasteiger partial charge in [0.2, 0.25) is 0 Å². The van der Waals surface area contributed by atoms with Crippen molar-refractivity contribution in [2.75, 3.05) is 11.4 Å². The van der Waals surface area contributed by atoms with Crippen molar-refractivity contribution < 1.29 is 0 Å². The molecule has 0 aliphatic carbocycles. The van der Waals surface area contributed by atoms with Crippen LogP contribution < -0.4 is 10.6 Å². The van der Waals surface area contributed by atoms with Crippen molar-refractivity contribution in [3.05, 3.63) is 28.8 Å². The van der Waals surface area contributed by atoms with Gasteiger partial charge in [0.15, 0.2) is 0 Å². The Labute approximate surface area is 128 Å². The lowest BCUT2D eigenvalue weighted by Gasteiger charge is -2.38. The quantitative estimate of drug-likeness (QED) is 0.873. The fourth-order valence-electron chi connectivity index (χ4n) is 3.17. The molecular weight excluding hydrogens is 268 g/mol. The zero-order valence-electron chi connectivity index (χ0n) is 12.7. The van der Waals surface area contributed by atoms with Crippen molar-refractivity contribution in [1.29, 1.82) is 0 Å². The molecule has 1 aromatic carbocycles. The van der Waals surface area contributed by atoms with Crippen LogP contribution >= 0.6 is 11.6 Å². The molecule has 0 saturated carbocycles. The number of piperidine rings is 1. The molecule has 112 valence electrons. The third-order valence-electron chi connectivity index (χ3n) is 4.46. The predicted molar refractivity (Wildman–Crippen MR) is 88.7 cm³/mol. The van der Waals surface area contributed by atoms with Gasteiger partial charge in [-0.25, -0.2) is 0 Å². The van der Waals surface area contributed by atoms with E-state index in [1.165, 1.54) is 36.9 Å². The minimum absolute atomic E-state index is 0.220. The van der Waals surface area contributed by atoms with Crippen LogP contribution in [0.25, 0.3) is 0 Å². The van der Waals surface area contributed by atoms with E-state index >= 15 is 0 Å². The highest BCUT2D eigenvalue weighted by molar-refractivity contribution is 6.30. The molecule has 2 atom stereocenters. The molecule has 1 saturated heterocycles. The molecular formula is C17H27ClN2. The SMILES string of the molecule is CCC(N)Cc1cc(Cl)ccc1N1CCCCC1CC. The summed E-state index contributed by atoms with van der Waals surface area (Å²) in [6.07, 6.45) is 7.08. The van der Waals surface area contributed by atoms with Gasteiger partial charge in [-0.1, -0.05) is 25.4 Å². The van der Waals surface area contributed by atoms with Crippen LogP contribution in [0.15, 0.2) is 18.2 Å².